The number of methoxy groups -OCH3 is 2. The van der Waals surface area contributed by atoms with Crippen LogP contribution in [0.4, 0.5) is 0 Å². The first-order valence-electron chi connectivity index (χ1n) is 9.60. The van der Waals surface area contributed by atoms with E-state index in [4.69, 9.17) is 9.47 Å². The number of hydrogen-bond donors (Lipinski definition) is 1. The SMILES string of the molecule is COc1cc2c(-c3cc4c(C#N)ccnc4[nH]3)cn(C)c2cc1OC.c1ccncc1. The van der Waals surface area contributed by atoms with Crippen LogP contribution in [0.5, 0.6) is 11.5 Å². The fourth-order valence-corrected chi connectivity index (χ4v) is 3.51. The zero-order valence-corrected chi connectivity index (χ0v) is 17.5. The first-order valence-corrected chi connectivity index (χ1v) is 9.60. The Morgan fingerprint density at radius 2 is 1.71 bits per heavy atom. The highest BCUT2D eigenvalue weighted by atomic mass is 16.5. The number of nitrogens with zero attached hydrogens (tertiary/aromatic N) is 4. The van der Waals surface area contributed by atoms with E-state index in [1.165, 1.54) is 0 Å². The van der Waals surface area contributed by atoms with Crippen molar-refractivity contribution in [1.82, 2.24) is 19.5 Å². The molecule has 7 heteroatoms. The summed E-state index contributed by atoms with van der Waals surface area (Å²) in [6.07, 6.45) is 7.18. The lowest BCUT2D eigenvalue weighted by atomic mass is 10.1. The summed E-state index contributed by atoms with van der Waals surface area (Å²) in [5, 5.41) is 11.1. The highest BCUT2D eigenvalue weighted by Crippen LogP contribution is 2.38. The number of ether oxygens (including phenoxy) is 2. The van der Waals surface area contributed by atoms with Crippen molar-refractivity contribution in [3.63, 3.8) is 0 Å². The van der Waals surface area contributed by atoms with Gasteiger partial charge < -0.3 is 19.0 Å². The molecule has 7 nitrogen and oxygen atoms in total. The van der Waals surface area contributed by atoms with E-state index in [0.717, 1.165) is 27.5 Å². The summed E-state index contributed by atoms with van der Waals surface area (Å²) >= 11 is 0. The van der Waals surface area contributed by atoms with Crippen molar-refractivity contribution in [2.75, 3.05) is 14.2 Å². The molecule has 31 heavy (non-hydrogen) atoms. The van der Waals surface area contributed by atoms with Crippen LogP contribution in [0.2, 0.25) is 0 Å². The van der Waals surface area contributed by atoms with Gasteiger partial charge in [-0.2, -0.15) is 5.26 Å². The summed E-state index contributed by atoms with van der Waals surface area (Å²) in [4.78, 5) is 11.4. The zero-order valence-electron chi connectivity index (χ0n) is 17.5. The molecule has 4 aromatic heterocycles. The van der Waals surface area contributed by atoms with Crippen LogP contribution in [0, 0.1) is 11.3 Å². The Labute approximate surface area is 179 Å². The third-order valence-corrected chi connectivity index (χ3v) is 5.00. The lowest BCUT2D eigenvalue weighted by molar-refractivity contribution is 0.355. The first kappa shape index (κ1) is 20.0. The summed E-state index contributed by atoms with van der Waals surface area (Å²) in [5.41, 5.74) is 4.25. The number of aryl methyl sites for hydroxylation is 1. The van der Waals surface area contributed by atoms with Gasteiger partial charge in [0.25, 0.3) is 0 Å². The van der Waals surface area contributed by atoms with E-state index >= 15 is 0 Å². The lowest BCUT2D eigenvalue weighted by Crippen LogP contribution is -1.91. The number of hydrogen-bond acceptors (Lipinski definition) is 5. The Morgan fingerprint density at radius 3 is 2.32 bits per heavy atom. The Kier molecular flexibility index (Phi) is 5.54. The van der Waals surface area contributed by atoms with Crippen LogP contribution < -0.4 is 9.47 Å². The number of fused-ring (bicyclic) bond motifs is 2. The second-order valence-electron chi connectivity index (χ2n) is 6.82. The molecule has 5 aromatic rings. The molecule has 0 saturated heterocycles. The molecule has 4 heterocycles. The van der Waals surface area contributed by atoms with Gasteiger partial charge in [0.05, 0.1) is 31.4 Å². The van der Waals surface area contributed by atoms with Crippen LogP contribution in [0.3, 0.4) is 0 Å². The Hall–Kier alpha value is -4.31. The Balaban J connectivity index is 0.000000334. The maximum Gasteiger partial charge on any atom is 0.162 e. The fourth-order valence-electron chi connectivity index (χ4n) is 3.51. The fraction of sp³-hybridized carbons (Fsp3) is 0.125. The molecule has 0 aliphatic rings. The number of aromatic nitrogens is 4. The smallest absolute Gasteiger partial charge is 0.162 e. The maximum absolute atomic E-state index is 9.29. The zero-order chi connectivity index (χ0) is 21.8. The average molecular weight is 411 g/mol. The summed E-state index contributed by atoms with van der Waals surface area (Å²) in [5.74, 6) is 1.36. The molecule has 1 N–H and O–H groups in total. The number of benzene rings is 1. The van der Waals surface area contributed by atoms with Crippen molar-refractivity contribution >= 4 is 21.9 Å². The number of aromatic amines is 1. The van der Waals surface area contributed by atoms with E-state index in [2.05, 4.69) is 21.0 Å². The maximum atomic E-state index is 9.29. The van der Waals surface area contributed by atoms with Gasteiger partial charge in [-0.15, -0.1) is 0 Å². The van der Waals surface area contributed by atoms with Crippen LogP contribution in [0.1, 0.15) is 5.56 Å². The summed E-state index contributed by atoms with van der Waals surface area (Å²) in [6.45, 7) is 0. The minimum Gasteiger partial charge on any atom is -0.493 e. The molecule has 0 amide bonds. The number of pyridine rings is 2. The largest absolute Gasteiger partial charge is 0.493 e. The molecule has 1 aromatic carbocycles. The molecule has 0 saturated carbocycles. The van der Waals surface area contributed by atoms with E-state index in [1.807, 2.05) is 54.2 Å². The monoisotopic (exact) mass is 411 g/mol. The third kappa shape index (κ3) is 3.79. The topological polar surface area (TPSA) is 88.8 Å². The van der Waals surface area contributed by atoms with Crippen LogP contribution >= 0.6 is 0 Å². The van der Waals surface area contributed by atoms with Crippen LogP contribution in [0.15, 0.2) is 67.3 Å². The number of nitrogens with one attached hydrogen (secondary N) is 1. The molecule has 0 aliphatic carbocycles. The van der Waals surface area contributed by atoms with Gasteiger partial charge in [0.15, 0.2) is 11.5 Å². The molecular formula is C24H21N5O2. The van der Waals surface area contributed by atoms with Crippen molar-refractivity contribution in [2.24, 2.45) is 7.05 Å². The van der Waals surface area contributed by atoms with Crippen molar-refractivity contribution in [2.45, 2.75) is 0 Å². The van der Waals surface area contributed by atoms with E-state index in [0.29, 0.717) is 22.7 Å². The predicted molar refractivity (Wildman–Crippen MR) is 120 cm³/mol. The van der Waals surface area contributed by atoms with Gasteiger partial charge in [-0.3, -0.25) is 4.98 Å². The molecule has 0 bridgehead atoms. The average Bonchev–Trinajstić information content (AvgIpc) is 3.40. The third-order valence-electron chi connectivity index (χ3n) is 5.00. The Bertz CT molecular complexity index is 1350. The van der Waals surface area contributed by atoms with Crippen molar-refractivity contribution < 1.29 is 9.47 Å². The molecule has 0 radical (unpaired) electrons. The first-order chi connectivity index (χ1) is 15.2. The molecule has 5 rings (SSSR count). The quantitative estimate of drug-likeness (QED) is 0.465. The van der Waals surface area contributed by atoms with Crippen LogP contribution in [-0.2, 0) is 7.05 Å². The number of H-pyrrole nitrogens is 1. The molecule has 0 atom stereocenters. The molecular weight excluding hydrogens is 390 g/mol. The molecule has 154 valence electrons. The summed E-state index contributed by atoms with van der Waals surface area (Å²) in [7, 11) is 5.23. The van der Waals surface area contributed by atoms with E-state index in [1.54, 1.807) is 38.9 Å². The van der Waals surface area contributed by atoms with Gasteiger partial charge >= 0.3 is 0 Å². The summed E-state index contributed by atoms with van der Waals surface area (Å²) < 4.78 is 12.9. The van der Waals surface area contributed by atoms with Gasteiger partial charge in [-0.25, -0.2) is 4.98 Å². The highest BCUT2D eigenvalue weighted by molar-refractivity contribution is 6.00. The van der Waals surface area contributed by atoms with Gasteiger partial charge in [-0.1, -0.05) is 6.07 Å². The van der Waals surface area contributed by atoms with Crippen molar-refractivity contribution in [1.29, 1.82) is 5.26 Å². The van der Waals surface area contributed by atoms with E-state index < -0.39 is 0 Å². The normalized spacial score (nSPS) is 10.4. The highest BCUT2D eigenvalue weighted by Gasteiger charge is 2.16. The second-order valence-corrected chi connectivity index (χ2v) is 6.82. The van der Waals surface area contributed by atoms with Gasteiger partial charge in [-0.05, 0) is 30.3 Å². The number of nitriles is 1. The van der Waals surface area contributed by atoms with Gasteiger partial charge in [0.1, 0.15) is 5.65 Å². The van der Waals surface area contributed by atoms with Gasteiger partial charge in [0.2, 0.25) is 0 Å². The molecule has 0 spiro atoms. The lowest BCUT2D eigenvalue weighted by Gasteiger charge is -2.08. The van der Waals surface area contributed by atoms with Crippen molar-refractivity contribution in [3.8, 4) is 28.8 Å². The molecule has 0 unspecified atom stereocenters. The minimum absolute atomic E-state index is 0.604. The molecule has 0 aliphatic heterocycles. The molecule has 0 fully saturated rings. The standard InChI is InChI=1S/C19H16N4O2.C5H5N/c1-23-10-14(13-7-17(24-2)18(25-3)8-16(13)23)15-6-12-11(9-20)4-5-21-19(12)22-15;1-2-4-6-5-3-1/h4-8,10H,1-3H3,(H,21,22);1-5H. The van der Waals surface area contributed by atoms with E-state index in [9.17, 15) is 5.26 Å². The second kappa shape index (κ2) is 8.59. The van der Waals surface area contributed by atoms with E-state index in [-0.39, 0.29) is 0 Å². The minimum atomic E-state index is 0.604. The number of rotatable bonds is 3. The summed E-state index contributed by atoms with van der Waals surface area (Å²) in [6, 6.07) is 15.5. The van der Waals surface area contributed by atoms with Crippen LogP contribution in [-0.4, -0.2) is 33.7 Å². The van der Waals surface area contributed by atoms with Crippen molar-refractivity contribution in [3.05, 3.63) is 72.8 Å². The van der Waals surface area contributed by atoms with Gasteiger partial charge in [0, 0.05) is 59.9 Å². The van der Waals surface area contributed by atoms with Crippen LogP contribution in [0.25, 0.3) is 33.2 Å². The Morgan fingerprint density at radius 1 is 0.968 bits per heavy atom. The predicted octanol–water partition coefficient (Wildman–Crippen LogP) is 4.69.